The SMILES string of the molecule is CCCOC(=O)C(c1ccccc1)N1C(=O)/C(=C/c2cc(Br)c(OCc3c(Cl)cccc3Cl)c(OC)c2)SC1=S. The summed E-state index contributed by atoms with van der Waals surface area (Å²) in [5.74, 6) is -0.0354. The minimum absolute atomic E-state index is 0.125. The minimum Gasteiger partial charge on any atom is -0.493 e. The molecule has 0 aliphatic carbocycles. The highest BCUT2D eigenvalue weighted by molar-refractivity contribution is 9.10. The normalized spacial score (nSPS) is 14.9. The fourth-order valence-electron chi connectivity index (χ4n) is 3.94. The predicted molar refractivity (Wildman–Crippen MR) is 167 cm³/mol. The molecule has 6 nitrogen and oxygen atoms in total. The number of thiocarbonyl (C=S) groups is 1. The Morgan fingerprint density at radius 1 is 1.12 bits per heavy atom. The van der Waals surface area contributed by atoms with Crippen LogP contribution in [0.1, 0.15) is 36.1 Å². The van der Waals surface area contributed by atoms with Gasteiger partial charge in [-0.25, -0.2) is 4.79 Å². The fraction of sp³-hybridized carbons (Fsp3) is 0.207. The van der Waals surface area contributed by atoms with E-state index < -0.39 is 12.0 Å². The predicted octanol–water partition coefficient (Wildman–Crippen LogP) is 8.24. The lowest BCUT2D eigenvalue weighted by Gasteiger charge is -2.25. The molecular formula is C29H24BrCl2NO5S2. The number of esters is 1. The molecule has 0 bridgehead atoms. The quantitative estimate of drug-likeness (QED) is 0.121. The summed E-state index contributed by atoms with van der Waals surface area (Å²) >= 11 is 22.8. The van der Waals surface area contributed by atoms with Gasteiger partial charge in [0, 0.05) is 15.6 Å². The molecule has 1 aliphatic rings. The highest BCUT2D eigenvalue weighted by atomic mass is 79.9. The monoisotopic (exact) mass is 679 g/mol. The molecule has 11 heteroatoms. The van der Waals surface area contributed by atoms with Crippen LogP contribution in [0.2, 0.25) is 10.0 Å². The summed E-state index contributed by atoms with van der Waals surface area (Å²) in [6.07, 6.45) is 2.36. The van der Waals surface area contributed by atoms with Crippen molar-refractivity contribution in [1.29, 1.82) is 0 Å². The van der Waals surface area contributed by atoms with Gasteiger partial charge in [-0.1, -0.05) is 90.5 Å². The van der Waals surface area contributed by atoms with Gasteiger partial charge in [0.25, 0.3) is 5.91 Å². The van der Waals surface area contributed by atoms with Gasteiger partial charge in [-0.2, -0.15) is 0 Å². The Labute approximate surface area is 260 Å². The van der Waals surface area contributed by atoms with Crippen molar-refractivity contribution in [2.75, 3.05) is 13.7 Å². The first-order valence-electron chi connectivity index (χ1n) is 12.2. The summed E-state index contributed by atoms with van der Waals surface area (Å²) in [5.41, 5.74) is 1.93. The van der Waals surface area contributed by atoms with Crippen LogP contribution >= 0.6 is 63.1 Å². The van der Waals surface area contributed by atoms with Crippen molar-refractivity contribution < 1.29 is 23.8 Å². The number of ether oxygens (including phenoxy) is 3. The van der Waals surface area contributed by atoms with Crippen molar-refractivity contribution in [3.63, 3.8) is 0 Å². The van der Waals surface area contributed by atoms with Crippen LogP contribution in [0.4, 0.5) is 0 Å². The molecule has 3 aromatic carbocycles. The number of amides is 1. The van der Waals surface area contributed by atoms with Gasteiger partial charge in [0.2, 0.25) is 0 Å². The van der Waals surface area contributed by atoms with E-state index in [0.29, 0.717) is 54.0 Å². The topological polar surface area (TPSA) is 65.1 Å². The van der Waals surface area contributed by atoms with E-state index in [1.807, 2.05) is 13.0 Å². The summed E-state index contributed by atoms with van der Waals surface area (Å²) in [5, 5.41) is 0.988. The van der Waals surface area contributed by atoms with Crippen LogP contribution in [0.25, 0.3) is 6.08 Å². The molecule has 0 radical (unpaired) electrons. The standard InChI is InChI=1S/C29H24BrCl2NO5S2/c1-3-12-37-28(35)25(18-8-5-4-6-9-18)33-27(34)24(40-29(33)39)15-17-13-20(30)26(23(14-17)36-2)38-16-19-21(31)10-7-11-22(19)32/h4-11,13-15,25H,3,12,16H2,1-2H3/b24-15-. The maximum Gasteiger partial charge on any atom is 0.333 e. The van der Waals surface area contributed by atoms with Crippen molar-refractivity contribution in [1.82, 2.24) is 4.90 Å². The fourth-order valence-corrected chi connectivity index (χ4v) is 6.33. The van der Waals surface area contributed by atoms with Crippen LogP contribution in [0.3, 0.4) is 0 Å². The molecule has 1 saturated heterocycles. The van der Waals surface area contributed by atoms with Gasteiger partial charge in [-0.05, 0) is 63.8 Å². The number of rotatable bonds is 10. The van der Waals surface area contributed by atoms with E-state index in [1.54, 1.807) is 60.7 Å². The molecule has 208 valence electrons. The van der Waals surface area contributed by atoms with Crippen LogP contribution in [-0.2, 0) is 20.9 Å². The van der Waals surface area contributed by atoms with E-state index in [-0.39, 0.29) is 23.4 Å². The van der Waals surface area contributed by atoms with E-state index >= 15 is 0 Å². The molecule has 0 saturated carbocycles. The summed E-state index contributed by atoms with van der Waals surface area (Å²) in [7, 11) is 1.52. The second-order valence-electron chi connectivity index (χ2n) is 8.56. The van der Waals surface area contributed by atoms with E-state index in [4.69, 9.17) is 49.6 Å². The highest BCUT2D eigenvalue weighted by Crippen LogP contribution is 2.42. The van der Waals surface area contributed by atoms with Gasteiger partial charge < -0.3 is 14.2 Å². The second kappa shape index (κ2) is 13.9. The van der Waals surface area contributed by atoms with Crippen LogP contribution < -0.4 is 9.47 Å². The molecule has 40 heavy (non-hydrogen) atoms. The number of halogens is 3. The van der Waals surface area contributed by atoms with Crippen molar-refractivity contribution >= 4 is 85.4 Å². The largest absolute Gasteiger partial charge is 0.493 e. The van der Waals surface area contributed by atoms with Crippen molar-refractivity contribution in [2.45, 2.75) is 26.0 Å². The smallest absolute Gasteiger partial charge is 0.333 e. The molecule has 4 rings (SSSR count). The van der Waals surface area contributed by atoms with Crippen LogP contribution in [-0.4, -0.2) is 34.8 Å². The molecule has 1 unspecified atom stereocenters. The Kier molecular flexibility index (Phi) is 10.5. The zero-order valence-electron chi connectivity index (χ0n) is 21.5. The number of nitrogens with zero attached hydrogens (tertiary/aromatic N) is 1. The van der Waals surface area contributed by atoms with Crippen LogP contribution in [0.15, 0.2) is 70.0 Å². The number of carbonyl (C=O) groups excluding carboxylic acids is 2. The van der Waals surface area contributed by atoms with Gasteiger partial charge in [-0.3, -0.25) is 9.69 Å². The van der Waals surface area contributed by atoms with Gasteiger partial charge in [0.15, 0.2) is 17.5 Å². The highest BCUT2D eigenvalue weighted by Gasteiger charge is 2.42. The molecule has 3 aromatic rings. The maximum absolute atomic E-state index is 13.6. The van der Waals surface area contributed by atoms with E-state index in [9.17, 15) is 9.59 Å². The van der Waals surface area contributed by atoms with Gasteiger partial charge in [0.1, 0.15) is 10.9 Å². The summed E-state index contributed by atoms with van der Waals surface area (Å²) in [6, 6.07) is 16.8. The second-order valence-corrected chi connectivity index (χ2v) is 11.9. The zero-order chi connectivity index (χ0) is 28.8. The molecule has 1 fully saturated rings. The third-order valence-corrected chi connectivity index (χ3v) is 8.47. The number of hydrogen-bond acceptors (Lipinski definition) is 7. The number of thioether (sulfide) groups is 1. The Morgan fingerprint density at radius 3 is 2.48 bits per heavy atom. The maximum atomic E-state index is 13.6. The number of carbonyl (C=O) groups is 2. The van der Waals surface area contributed by atoms with E-state index in [2.05, 4.69) is 15.9 Å². The number of hydrogen-bond donors (Lipinski definition) is 0. The van der Waals surface area contributed by atoms with E-state index in [1.165, 1.54) is 12.0 Å². The Balaban J connectivity index is 1.61. The van der Waals surface area contributed by atoms with E-state index in [0.717, 1.165) is 11.8 Å². The van der Waals surface area contributed by atoms with Crippen molar-refractivity contribution in [2.24, 2.45) is 0 Å². The average molecular weight is 681 g/mol. The molecule has 0 spiro atoms. The van der Waals surface area contributed by atoms with Gasteiger partial charge in [-0.15, -0.1) is 0 Å². The van der Waals surface area contributed by atoms with Gasteiger partial charge >= 0.3 is 5.97 Å². The first kappa shape index (κ1) is 30.4. The Morgan fingerprint density at radius 2 is 1.82 bits per heavy atom. The molecule has 1 amide bonds. The molecule has 1 atom stereocenters. The van der Waals surface area contributed by atoms with Gasteiger partial charge in [0.05, 0.1) is 23.1 Å². The molecule has 0 N–H and O–H groups in total. The van der Waals surface area contributed by atoms with Crippen LogP contribution in [0.5, 0.6) is 11.5 Å². The third kappa shape index (κ3) is 6.83. The zero-order valence-corrected chi connectivity index (χ0v) is 26.2. The lowest BCUT2D eigenvalue weighted by Crippen LogP contribution is -2.38. The summed E-state index contributed by atoms with van der Waals surface area (Å²) in [4.78, 5) is 28.3. The summed E-state index contributed by atoms with van der Waals surface area (Å²) < 4.78 is 17.9. The number of benzene rings is 3. The molecule has 1 heterocycles. The summed E-state index contributed by atoms with van der Waals surface area (Å²) in [6.45, 7) is 2.28. The third-order valence-electron chi connectivity index (χ3n) is 5.84. The average Bonchev–Trinajstić information content (AvgIpc) is 3.20. The molecular weight excluding hydrogens is 657 g/mol. The first-order valence-corrected chi connectivity index (χ1v) is 14.9. The van der Waals surface area contributed by atoms with Crippen molar-refractivity contribution in [3.8, 4) is 11.5 Å². The molecule has 1 aliphatic heterocycles. The first-order chi connectivity index (χ1) is 19.2. The Bertz CT molecular complexity index is 1450. The Hall–Kier alpha value is -2.56. The number of methoxy groups -OCH3 is 1. The lowest BCUT2D eigenvalue weighted by molar-refractivity contribution is -0.151. The lowest BCUT2D eigenvalue weighted by atomic mass is 10.1. The van der Waals surface area contributed by atoms with Crippen LogP contribution in [0, 0.1) is 0 Å². The molecule has 0 aromatic heterocycles. The minimum atomic E-state index is -0.986. The van der Waals surface area contributed by atoms with Crippen molar-refractivity contribution in [3.05, 3.63) is 96.8 Å².